The highest BCUT2D eigenvalue weighted by Crippen LogP contribution is 2.28. The lowest BCUT2D eigenvalue weighted by atomic mass is 9.99. The van der Waals surface area contributed by atoms with Crippen LogP contribution in [0.25, 0.3) is 0 Å². The normalized spacial score (nSPS) is 32.7. The fourth-order valence-electron chi connectivity index (χ4n) is 2.09. The minimum Gasteiger partial charge on any atom is -0.314 e. The first-order chi connectivity index (χ1) is 6.54. The molecule has 0 saturated carbocycles. The third-order valence-corrected chi connectivity index (χ3v) is 2.99. The van der Waals surface area contributed by atoms with Gasteiger partial charge in [0.1, 0.15) is 0 Å². The van der Waals surface area contributed by atoms with Crippen molar-refractivity contribution in [3.63, 3.8) is 0 Å². The van der Waals surface area contributed by atoms with Crippen LogP contribution in [-0.2, 0) is 9.59 Å². The Morgan fingerprint density at radius 1 is 1.50 bits per heavy atom. The van der Waals surface area contributed by atoms with Crippen molar-refractivity contribution < 1.29 is 9.59 Å². The van der Waals surface area contributed by atoms with E-state index in [1.54, 1.807) is 6.92 Å². The maximum absolute atomic E-state index is 11.7. The Hall–Kier alpha value is -1.16. The Labute approximate surface area is 83.0 Å². The van der Waals surface area contributed by atoms with Crippen LogP contribution in [-0.4, -0.2) is 35.3 Å². The number of nitrogens with one attached hydrogen (secondary N) is 1. The summed E-state index contributed by atoms with van der Waals surface area (Å²) in [6.45, 7) is 5.21. The highest BCUT2D eigenvalue weighted by atomic mass is 16.2. The molecule has 4 heteroatoms. The van der Waals surface area contributed by atoms with E-state index >= 15 is 0 Å². The van der Waals surface area contributed by atoms with Gasteiger partial charge in [-0.3, -0.25) is 14.5 Å². The van der Waals surface area contributed by atoms with Crippen LogP contribution in [0.15, 0.2) is 11.6 Å². The van der Waals surface area contributed by atoms with E-state index in [1.807, 2.05) is 6.92 Å². The topological polar surface area (TPSA) is 49.4 Å². The first-order valence-corrected chi connectivity index (χ1v) is 4.82. The first-order valence-electron chi connectivity index (χ1n) is 4.82. The summed E-state index contributed by atoms with van der Waals surface area (Å²) in [6, 6.07) is 0. The van der Waals surface area contributed by atoms with Crippen molar-refractivity contribution in [2.75, 3.05) is 13.1 Å². The van der Waals surface area contributed by atoms with Crippen molar-refractivity contribution >= 4 is 11.8 Å². The summed E-state index contributed by atoms with van der Waals surface area (Å²) in [5.41, 5.74) is 0.214. The molecule has 2 rings (SSSR count). The molecular weight excluding hydrogens is 180 g/mol. The molecular formula is C10H14N2O2. The lowest BCUT2D eigenvalue weighted by Crippen LogP contribution is -2.51. The molecule has 0 aliphatic carbocycles. The Morgan fingerprint density at radius 2 is 2.21 bits per heavy atom. The summed E-state index contributed by atoms with van der Waals surface area (Å²) in [5.74, 6) is -0.306. The standard InChI is InChI=1S/C10H14N2O2/c1-7-5-8(13)12(9(7)14)10(2)3-4-11-6-10/h5,11H,3-4,6H2,1-2H3. The molecule has 1 N–H and O–H groups in total. The maximum Gasteiger partial charge on any atom is 0.257 e. The Kier molecular flexibility index (Phi) is 1.96. The van der Waals surface area contributed by atoms with Gasteiger partial charge < -0.3 is 5.32 Å². The predicted molar refractivity (Wildman–Crippen MR) is 51.5 cm³/mol. The molecule has 1 saturated heterocycles. The van der Waals surface area contributed by atoms with Crippen molar-refractivity contribution in [1.29, 1.82) is 0 Å². The SMILES string of the molecule is CC1=CC(=O)N(C2(C)CCNC2)C1=O. The average molecular weight is 194 g/mol. The van der Waals surface area contributed by atoms with E-state index < -0.39 is 0 Å². The van der Waals surface area contributed by atoms with Gasteiger partial charge in [0.25, 0.3) is 11.8 Å². The monoisotopic (exact) mass is 194 g/mol. The molecule has 2 aliphatic rings. The van der Waals surface area contributed by atoms with Crippen LogP contribution in [0.3, 0.4) is 0 Å². The van der Waals surface area contributed by atoms with Crippen LogP contribution < -0.4 is 5.32 Å². The maximum atomic E-state index is 11.7. The van der Waals surface area contributed by atoms with E-state index in [-0.39, 0.29) is 17.4 Å². The van der Waals surface area contributed by atoms with Crippen molar-refractivity contribution in [2.45, 2.75) is 25.8 Å². The minimum atomic E-state index is -0.331. The highest BCUT2D eigenvalue weighted by molar-refractivity contribution is 6.16. The number of amides is 2. The Bertz CT molecular complexity index is 327. The zero-order valence-electron chi connectivity index (χ0n) is 8.46. The van der Waals surface area contributed by atoms with Crippen LogP contribution >= 0.6 is 0 Å². The van der Waals surface area contributed by atoms with Gasteiger partial charge in [-0.1, -0.05) is 0 Å². The Balaban J connectivity index is 2.28. The third-order valence-electron chi connectivity index (χ3n) is 2.99. The lowest BCUT2D eigenvalue weighted by Gasteiger charge is -2.32. The molecule has 0 aromatic carbocycles. The molecule has 4 nitrogen and oxygen atoms in total. The summed E-state index contributed by atoms with van der Waals surface area (Å²) >= 11 is 0. The van der Waals surface area contributed by atoms with Crippen LogP contribution in [0.5, 0.6) is 0 Å². The largest absolute Gasteiger partial charge is 0.314 e. The van der Waals surface area contributed by atoms with Crippen molar-refractivity contribution in [3.05, 3.63) is 11.6 Å². The van der Waals surface area contributed by atoms with Crippen molar-refractivity contribution in [2.24, 2.45) is 0 Å². The van der Waals surface area contributed by atoms with Gasteiger partial charge in [0.2, 0.25) is 0 Å². The van der Waals surface area contributed by atoms with Gasteiger partial charge in [-0.05, 0) is 26.8 Å². The average Bonchev–Trinajstić information content (AvgIpc) is 2.60. The zero-order valence-corrected chi connectivity index (χ0v) is 8.46. The second-order valence-corrected chi connectivity index (χ2v) is 4.23. The van der Waals surface area contributed by atoms with Crippen LogP contribution in [0.1, 0.15) is 20.3 Å². The van der Waals surface area contributed by atoms with Crippen LogP contribution in [0.2, 0.25) is 0 Å². The number of carbonyl (C=O) groups excluding carboxylic acids is 2. The molecule has 2 amide bonds. The van der Waals surface area contributed by atoms with E-state index in [2.05, 4.69) is 5.32 Å². The Morgan fingerprint density at radius 3 is 2.64 bits per heavy atom. The van der Waals surface area contributed by atoms with E-state index in [4.69, 9.17) is 0 Å². The predicted octanol–water partition coefficient (Wildman–Crippen LogP) is 0.0535. The van der Waals surface area contributed by atoms with Crippen LogP contribution in [0, 0.1) is 0 Å². The zero-order chi connectivity index (χ0) is 10.3. The van der Waals surface area contributed by atoms with E-state index in [1.165, 1.54) is 11.0 Å². The molecule has 0 bridgehead atoms. The summed E-state index contributed by atoms with van der Waals surface area (Å²) in [6.07, 6.45) is 2.26. The van der Waals surface area contributed by atoms with Gasteiger partial charge in [0, 0.05) is 18.2 Å². The molecule has 2 heterocycles. The molecule has 14 heavy (non-hydrogen) atoms. The lowest BCUT2D eigenvalue weighted by molar-refractivity contribution is -0.143. The molecule has 1 unspecified atom stereocenters. The number of hydrogen-bond donors (Lipinski definition) is 1. The summed E-state index contributed by atoms with van der Waals surface area (Å²) in [7, 11) is 0. The minimum absolute atomic E-state index is 0.138. The highest BCUT2D eigenvalue weighted by Gasteiger charge is 2.44. The second kappa shape index (κ2) is 2.92. The number of hydrogen-bond acceptors (Lipinski definition) is 3. The number of imide groups is 1. The summed E-state index contributed by atoms with van der Waals surface area (Å²) < 4.78 is 0. The van der Waals surface area contributed by atoms with Crippen LogP contribution in [0.4, 0.5) is 0 Å². The van der Waals surface area contributed by atoms with Gasteiger partial charge >= 0.3 is 0 Å². The first kappa shape index (κ1) is 9.40. The molecule has 0 spiro atoms. The molecule has 0 aromatic heterocycles. The van der Waals surface area contributed by atoms with Gasteiger partial charge in [0.15, 0.2) is 0 Å². The summed E-state index contributed by atoms with van der Waals surface area (Å²) in [4.78, 5) is 24.7. The molecule has 0 aromatic rings. The third kappa shape index (κ3) is 1.18. The van der Waals surface area contributed by atoms with E-state index in [0.29, 0.717) is 12.1 Å². The number of carbonyl (C=O) groups is 2. The summed E-state index contributed by atoms with van der Waals surface area (Å²) in [5, 5.41) is 3.18. The van der Waals surface area contributed by atoms with E-state index in [0.717, 1.165) is 13.0 Å². The van der Waals surface area contributed by atoms with Gasteiger partial charge in [-0.2, -0.15) is 0 Å². The molecule has 0 radical (unpaired) electrons. The second-order valence-electron chi connectivity index (χ2n) is 4.23. The molecule has 1 atom stereocenters. The number of rotatable bonds is 1. The van der Waals surface area contributed by atoms with Gasteiger partial charge in [-0.15, -0.1) is 0 Å². The van der Waals surface area contributed by atoms with Crippen molar-refractivity contribution in [3.8, 4) is 0 Å². The number of nitrogens with zero attached hydrogens (tertiary/aromatic N) is 1. The van der Waals surface area contributed by atoms with Crippen molar-refractivity contribution in [1.82, 2.24) is 10.2 Å². The van der Waals surface area contributed by atoms with Gasteiger partial charge in [0.05, 0.1) is 5.54 Å². The van der Waals surface area contributed by atoms with Gasteiger partial charge in [-0.25, -0.2) is 0 Å². The quantitative estimate of drug-likeness (QED) is 0.600. The fraction of sp³-hybridized carbons (Fsp3) is 0.600. The molecule has 76 valence electrons. The van der Waals surface area contributed by atoms with E-state index in [9.17, 15) is 9.59 Å². The molecule has 2 aliphatic heterocycles. The fourth-order valence-corrected chi connectivity index (χ4v) is 2.09. The smallest absolute Gasteiger partial charge is 0.257 e. The molecule has 1 fully saturated rings.